The number of fused-ring (bicyclic) bond motifs is 1. The van der Waals surface area contributed by atoms with E-state index in [0.717, 1.165) is 16.9 Å². The van der Waals surface area contributed by atoms with Crippen molar-refractivity contribution in [3.8, 4) is 11.3 Å². The number of rotatable bonds is 6. The molecule has 2 aromatic carbocycles. The van der Waals surface area contributed by atoms with Crippen molar-refractivity contribution in [2.75, 3.05) is 19.6 Å². The van der Waals surface area contributed by atoms with E-state index < -0.39 is 5.82 Å². The molecule has 35 heavy (non-hydrogen) atoms. The van der Waals surface area contributed by atoms with Gasteiger partial charge in [0.1, 0.15) is 17.3 Å². The number of carbonyl (C=O) groups excluding carboxylic acids is 2. The number of amides is 2. The van der Waals surface area contributed by atoms with E-state index in [1.165, 1.54) is 17.2 Å². The molecule has 0 spiro atoms. The summed E-state index contributed by atoms with van der Waals surface area (Å²) in [6.45, 7) is 5.41. The summed E-state index contributed by atoms with van der Waals surface area (Å²) in [5.74, 6) is -0.154. The highest BCUT2D eigenvalue weighted by molar-refractivity contribution is 5.94. The Kier molecular flexibility index (Phi) is 6.07. The Hall–Kier alpha value is -4.01. The molecule has 0 bridgehead atoms. The van der Waals surface area contributed by atoms with Crippen molar-refractivity contribution in [2.45, 2.75) is 26.7 Å². The number of benzene rings is 2. The minimum Gasteiger partial charge on any atom is -0.355 e. The second-order valence-electron chi connectivity index (χ2n) is 9.06. The highest BCUT2D eigenvalue weighted by Crippen LogP contribution is 2.23. The van der Waals surface area contributed by atoms with Crippen molar-refractivity contribution >= 4 is 22.8 Å². The molecule has 3 N–H and O–H groups in total. The van der Waals surface area contributed by atoms with Crippen LogP contribution in [0.2, 0.25) is 0 Å². The van der Waals surface area contributed by atoms with Crippen molar-refractivity contribution in [3.63, 3.8) is 0 Å². The van der Waals surface area contributed by atoms with Crippen LogP contribution in [0.4, 0.5) is 4.39 Å². The molecule has 180 valence electrons. The van der Waals surface area contributed by atoms with Crippen molar-refractivity contribution in [3.05, 3.63) is 70.9 Å². The molecule has 8 nitrogen and oxygen atoms in total. The van der Waals surface area contributed by atoms with Crippen LogP contribution in [0.15, 0.2) is 42.5 Å². The Labute approximate surface area is 201 Å². The van der Waals surface area contributed by atoms with Gasteiger partial charge in [-0.15, -0.1) is 0 Å². The first-order valence-electron chi connectivity index (χ1n) is 11.7. The summed E-state index contributed by atoms with van der Waals surface area (Å²) >= 11 is 0. The van der Waals surface area contributed by atoms with E-state index in [9.17, 15) is 14.0 Å². The molecular weight excluding hydrogens is 447 g/mol. The van der Waals surface area contributed by atoms with E-state index >= 15 is 0 Å². The Balaban J connectivity index is 1.14. The van der Waals surface area contributed by atoms with Gasteiger partial charge in [0.25, 0.3) is 5.91 Å². The first kappa shape index (κ1) is 22.8. The van der Waals surface area contributed by atoms with Gasteiger partial charge in [-0.25, -0.2) is 9.37 Å². The molecule has 2 amide bonds. The third kappa shape index (κ3) is 4.66. The summed E-state index contributed by atoms with van der Waals surface area (Å²) in [5, 5.41) is 9.76. The van der Waals surface area contributed by atoms with Crippen molar-refractivity contribution < 1.29 is 14.0 Å². The zero-order valence-corrected chi connectivity index (χ0v) is 19.7. The maximum Gasteiger partial charge on any atom is 0.271 e. The van der Waals surface area contributed by atoms with Gasteiger partial charge >= 0.3 is 0 Å². The van der Waals surface area contributed by atoms with Gasteiger partial charge in [0.05, 0.1) is 22.6 Å². The van der Waals surface area contributed by atoms with E-state index in [2.05, 4.69) is 51.5 Å². The molecule has 1 aliphatic heterocycles. The summed E-state index contributed by atoms with van der Waals surface area (Å²) in [4.78, 5) is 35.1. The quantitative estimate of drug-likeness (QED) is 0.397. The number of nitrogens with one attached hydrogen (secondary N) is 3. The molecule has 0 radical (unpaired) electrons. The minimum atomic E-state index is -0.399. The van der Waals surface area contributed by atoms with Crippen molar-refractivity contribution in [2.24, 2.45) is 5.92 Å². The van der Waals surface area contributed by atoms with Crippen LogP contribution in [0.1, 0.15) is 33.9 Å². The molecule has 0 aliphatic carbocycles. The van der Waals surface area contributed by atoms with Gasteiger partial charge < -0.3 is 15.2 Å². The number of hydrogen-bond acceptors (Lipinski definition) is 4. The SMILES string of the molecule is Cc1cc2nc(CCNC(=O)C3CCN(C(=O)c4cc(-c5ccccc5F)n[nH]4)C3)[nH]c2cc1C. The zero-order chi connectivity index (χ0) is 24.5. The van der Waals surface area contributed by atoms with Crippen LogP contribution in [-0.2, 0) is 11.2 Å². The lowest BCUT2D eigenvalue weighted by Gasteiger charge is -2.15. The number of carbonyl (C=O) groups is 2. The molecule has 1 atom stereocenters. The van der Waals surface area contributed by atoms with Crippen LogP contribution in [-0.4, -0.2) is 56.5 Å². The second kappa shape index (κ2) is 9.32. The van der Waals surface area contributed by atoms with Crippen molar-refractivity contribution in [1.82, 2.24) is 30.4 Å². The van der Waals surface area contributed by atoms with Gasteiger partial charge in [0, 0.05) is 31.6 Å². The van der Waals surface area contributed by atoms with Gasteiger partial charge in [-0.1, -0.05) is 12.1 Å². The molecule has 9 heteroatoms. The zero-order valence-electron chi connectivity index (χ0n) is 19.7. The van der Waals surface area contributed by atoms with E-state index in [4.69, 9.17) is 0 Å². The van der Waals surface area contributed by atoms with Crippen LogP contribution in [0.5, 0.6) is 0 Å². The lowest BCUT2D eigenvalue weighted by molar-refractivity contribution is -0.124. The first-order chi connectivity index (χ1) is 16.9. The van der Waals surface area contributed by atoms with E-state index in [1.807, 2.05) is 0 Å². The van der Waals surface area contributed by atoms with Gasteiger partial charge in [0.2, 0.25) is 5.91 Å². The predicted octanol–water partition coefficient (Wildman–Crippen LogP) is 3.53. The summed E-state index contributed by atoms with van der Waals surface area (Å²) in [5.41, 5.74) is 5.31. The van der Waals surface area contributed by atoms with Crippen LogP contribution >= 0.6 is 0 Å². The molecule has 1 saturated heterocycles. The molecule has 4 aromatic rings. The van der Waals surface area contributed by atoms with E-state index in [1.54, 1.807) is 29.2 Å². The normalized spacial score (nSPS) is 15.6. The van der Waals surface area contributed by atoms with Gasteiger partial charge in [0.15, 0.2) is 0 Å². The number of imidazole rings is 1. The highest BCUT2D eigenvalue weighted by Gasteiger charge is 2.32. The summed E-state index contributed by atoms with van der Waals surface area (Å²) < 4.78 is 14.0. The number of hydrogen-bond donors (Lipinski definition) is 3. The Morgan fingerprint density at radius 2 is 1.97 bits per heavy atom. The lowest BCUT2D eigenvalue weighted by Crippen LogP contribution is -2.35. The molecule has 1 fully saturated rings. The summed E-state index contributed by atoms with van der Waals surface area (Å²) in [7, 11) is 0. The van der Waals surface area contributed by atoms with Crippen molar-refractivity contribution in [1.29, 1.82) is 0 Å². The number of likely N-dealkylation sites (tertiary alicyclic amines) is 1. The van der Waals surface area contributed by atoms with E-state index in [0.29, 0.717) is 43.7 Å². The number of H-pyrrole nitrogens is 2. The van der Waals surface area contributed by atoms with Gasteiger partial charge in [-0.2, -0.15) is 5.10 Å². The molecule has 3 heterocycles. The van der Waals surface area contributed by atoms with Crippen LogP contribution < -0.4 is 5.32 Å². The maximum atomic E-state index is 14.0. The number of nitrogens with zero attached hydrogens (tertiary/aromatic N) is 3. The average Bonchev–Trinajstić information content (AvgIpc) is 3.59. The molecular formula is C26H27FN6O2. The number of halogens is 1. The predicted molar refractivity (Wildman–Crippen MR) is 130 cm³/mol. The fourth-order valence-corrected chi connectivity index (χ4v) is 4.46. The number of aromatic amines is 2. The van der Waals surface area contributed by atoms with Crippen LogP contribution in [0.3, 0.4) is 0 Å². The van der Waals surface area contributed by atoms with Crippen LogP contribution in [0, 0.1) is 25.6 Å². The Morgan fingerprint density at radius 1 is 1.17 bits per heavy atom. The second-order valence-corrected chi connectivity index (χ2v) is 9.06. The fourth-order valence-electron chi connectivity index (χ4n) is 4.46. The largest absolute Gasteiger partial charge is 0.355 e. The Bertz CT molecular complexity index is 1370. The lowest BCUT2D eigenvalue weighted by atomic mass is 10.1. The topological polar surface area (TPSA) is 107 Å². The van der Waals surface area contributed by atoms with Crippen LogP contribution in [0.25, 0.3) is 22.3 Å². The first-order valence-corrected chi connectivity index (χ1v) is 11.7. The molecule has 0 saturated carbocycles. The van der Waals surface area contributed by atoms with Gasteiger partial charge in [-0.05, 0) is 61.7 Å². The highest BCUT2D eigenvalue weighted by atomic mass is 19.1. The summed E-state index contributed by atoms with van der Waals surface area (Å²) in [6, 6.07) is 12.0. The van der Waals surface area contributed by atoms with Gasteiger partial charge in [-0.3, -0.25) is 14.7 Å². The third-order valence-electron chi connectivity index (χ3n) is 6.61. The smallest absolute Gasteiger partial charge is 0.271 e. The molecule has 1 aliphatic rings. The molecule has 2 aromatic heterocycles. The standard InChI is InChI=1S/C26H27FN6O2/c1-15-11-21-22(12-16(15)2)30-24(29-21)7-9-28-25(34)17-8-10-33(14-17)26(35)23-13-20(31-32-23)18-5-3-4-6-19(18)27/h3-6,11-13,17H,7-10,14H2,1-2H3,(H,28,34)(H,29,30)(H,31,32). The average molecular weight is 475 g/mol. The fraction of sp³-hybridized carbons (Fsp3) is 0.308. The number of aryl methyl sites for hydroxylation is 2. The minimum absolute atomic E-state index is 0.0697. The summed E-state index contributed by atoms with van der Waals surface area (Å²) in [6.07, 6.45) is 1.19. The third-order valence-corrected chi connectivity index (χ3v) is 6.61. The monoisotopic (exact) mass is 474 g/mol. The number of aromatic nitrogens is 4. The Morgan fingerprint density at radius 3 is 2.80 bits per heavy atom. The van der Waals surface area contributed by atoms with E-state index in [-0.39, 0.29) is 23.4 Å². The molecule has 1 unspecified atom stereocenters. The molecule has 5 rings (SSSR count). The maximum absolute atomic E-state index is 14.0.